The second-order valence-electron chi connectivity index (χ2n) is 0.707. The van der Waals surface area contributed by atoms with Gasteiger partial charge in [-0.2, -0.15) is 0 Å². The first-order valence-corrected chi connectivity index (χ1v) is 1.41. The van der Waals surface area contributed by atoms with E-state index in [4.69, 9.17) is 0 Å². The van der Waals surface area contributed by atoms with Crippen LogP contribution in [0.25, 0.3) is 0 Å². The third kappa shape index (κ3) is 10.5. The Bertz CT molecular complexity index is 3.25. The van der Waals surface area contributed by atoms with E-state index in [0.717, 1.165) is 0 Å². The van der Waals surface area contributed by atoms with E-state index in [2.05, 4.69) is 13.8 Å². The van der Waals surface area contributed by atoms with Crippen molar-refractivity contribution in [2.75, 3.05) is 0 Å². The minimum atomic E-state index is 0. The third-order valence-electron chi connectivity index (χ3n) is 0. The summed E-state index contributed by atoms with van der Waals surface area (Å²) in [7, 11) is 0. The van der Waals surface area contributed by atoms with E-state index in [1.807, 2.05) is 0 Å². The Balaban J connectivity index is 0. The first-order valence-electron chi connectivity index (χ1n) is 1.41. The number of hydrogen-bond donors (Lipinski definition) is 0. The molecule has 2 radical (unpaired) electrons. The maximum Gasteiger partial charge on any atom is 0 e. The molecule has 0 nitrogen and oxygen atoms in total. The fourth-order valence-electron chi connectivity index (χ4n) is 0. The molecule has 0 rings (SSSR count). The van der Waals surface area contributed by atoms with Crippen LogP contribution in [-0.2, 0) is 0 Å². The Labute approximate surface area is 57.6 Å². The molecule has 0 spiro atoms. The quantitative estimate of drug-likeness (QED) is 0.385. The molecular weight excluding hydrogens is 76.1 g/mol. The minimum Gasteiger partial charge on any atom is -0.0656 e. The fraction of sp³-hybridized carbons (Fsp3) is 1.00. The van der Waals surface area contributed by atoms with Gasteiger partial charge in [0.1, 0.15) is 0 Å². The maximum absolute atomic E-state index is 2.12. The van der Waals surface area contributed by atoms with Gasteiger partial charge in [0.05, 0.1) is 0 Å². The summed E-state index contributed by atoms with van der Waals surface area (Å²) in [5.41, 5.74) is 0. The van der Waals surface area contributed by atoms with Crippen molar-refractivity contribution >= 4 is 37.7 Å². The van der Waals surface area contributed by atoms with Crippen molar-refractivity contribution in [2.24, 2.45) is 0 Å². The van der Waals surface area contributed by atoms with E-state index in [-0.39, 0.29) is 37.7 Å². The molecule has 0 aromatic rings. The van der Waals surface area contributed by atoms with Crippen LogP contribution in [0.1, 0.15) is 20.3 Å². The zero-order valence-electron chi connectivity index (χ0n) is 3.41. The molecule has 0 aromatic heterocycles. The van der Waals surface area contributed by atoms with Crippen LogP contribution in [0.4, 0.5) is 0 Å². The van der Waals surface area contributed by atoms with Crippen LogP contribution in [0.2, 0.25) is 0 Å². The van der Waals surface area contributed by atoms with Crippen LogP contribution in [0, 0.1) is 0 Å². The molecule has 4 heavy (non-hydrogen) atoms. The molecule has 0 saturated heterocycles. The summed E-state index contributed by atoms with van der Waals surface area (Å²) in [6, 6.07) is 0. The molecule has 1 heteroatoms. The third-order valence-corrected chi connectivity index (χ3v) is 0. The minimum absolute atomic E-state index is 0. The molecule has 0 bridgehead atoms. The molecule has 0 aliphatic heterocycles. The van der Waals surface area contributed by atoms with Crippen LogP contribution in [0.15, 0.2) is 0 Å². The van der Waals surface area contributed by atoms with Gasteiger partial charge in [0.15, 0.2) is 0 Å². The Morgan fingerprint density at radius 2 is 1.25 bits per heavy atom. The van der Waals surface area contributed by atoms with E-state index in [1.54, 1.807) is 0 Å². The predicted octanol–water partition coefficient (Wildman–Crippen LogP) is 1.04. The SMILES string of the molecule is CCC.[Ca]. The van der Waals surface area contributed by atoms with E-state index in [1.165, 1.54) is 6.42 Å². The van der Waals surface area contributed by atoms with Crippen LogP contribution in [0.5, 0.6) is 0 Å². The summed E-state index contributed by atoms with van der Waals surface area (Å²) in [4.78, 5) is 0. The monoisotopic (exact) mass is 84.0 g/mol. The van der Waals surface area contributed by atoms with Gasteiger partial charge >= 0.3 is 0 Å². The molecule has 0 aromatic carbocycles. The summed E-state index contributed by atoms with van der Waals surface area (Å²) in [6.07, 6.45) is 1.25. The normalized spacial score (nSPS) is 4.50. The van der Waals surface area contributed by atoms with E-state index in [9.17, 15) is 0 Å². The molecule has 0 aliphatic carbocycles. The predicted molar refractivity (Wildman–Crippen MR) is 21.7 cm³/mol. The number of hydrogen-bond acceptors (Lipinski definition) is 0. The Morgan fingerprint density at radius 1 is 1.25 bits per heavy atom. The molecule has 0 aliphatic rings. The average Bonchev–Trinajstić information content (AvgIpc) is 0.918. The maximum atomic E-state index is 2.12. The molecule has 22 valence electrons. The molecule has 0 amide bonds. The van der Waals surface area contributed by atoms with E-state index >= 15 is 0 Å². The second-order valence-corrected chi connectivity index (χ2v) is 0.707. The largest absolute Gasteiger partial charge is 0.0656 e. The van der Waals surface area contributed by atoms with Crippen molar-refractivity contribution in [3.8, 4) is 0 Å². The zero-order chi connectivity index (χ0) is 2.71. The topological polar surface area (TPSA) is 0 Å². The average molecular weight is 84.2 g/mol. The van der Waals surface area contributed by atoms with Crippen LogP contribution in [0.3, 0.4) is 0 Å². The van der Waals surface area contributed by atoms with E-state index < -0.39 is 0 Å². The van der Waals surface area contributed by atoms with Gasteiger partial charge in [0.2, 0.25) is 0 Å². The molecule has 0 N–H and O–H groups in total. The van der Waals surface area contributed by atoms with Gasteiger partial charge in [-0.15, -0.1) is 0 Å². The Morgan fingerprint density at radius 3 is 1.25 bits per heavy atom. The standard InChI is InChI=1S/C3H8.Ca/c1-3-2;/h3H2,1-2H3;. The van der Waals surface area contributed by atoms with Gasteiger partial charge in [-0.3, -0.25) is 0 Å². The first-order chi connectivity index (χ1) is 1.41. The molecule has 0 fully saturated rings. The Kier molecular flexibility index (Phi) is 19.9. The molecule has 0 saturated carbocycles. The van der Waals surface area contributed by atoms with Crippen molar-refractivity contribution in [3.05, 3.63) is 0 Å². The van der Waals surface area contributed by atoms with Crippen molar-refractivity contribution in [1.82, 2.24) is 0 Å². The summed E-state index contributed by atoms with van der Waals surface area (Å²) in [5.74, 6) is 0. The smallest absolute Gasteiger partial charge is 0 e. The summed E-state index contributed by atoms with van der Waals surface area (Å²) >= 11 is 0. The molecular formula is C3H8Ca. The van der Waals surface area contributed by atoms with Crippen molar-refractivity contribution in [1.29, 1.82) is 0 Å². The summed E-state index contributed by atoms with van der Waals surface area (Å²) in [6.45, 7) is 4.25. The van der Waals surface area contributed by atoms with Gasteiger partial charge in [0, 0.05) is 37.7 Å². The molecule has 0 heterocycles. The number of rotatable bonds is 0. The second kappa shape index (κ2) is 8.86. The van der Waals surface area contributed by atoms with Crippen LogP contribution >= 0.6 is 0 Å². The van der Waals surface area contributed by atoms with Crippen molar-refractivity contribution in [3.63, 3.8) is 0 Å². The summed E-state index contributed by atoms with van der Waals surface area (Å²) in [5, 5.41) is 0. The summed E-state index contributed by atoms with van der Waals surface area (Å²) < 4.78 is 0. The van der Waals surface area contributed by atoms with Gasteiger partial charge in [-0.25, -0.2) is 0 Å². The van der Waals surface area contributed by atoms with Gasteiger partial charge in [-0.1, -0.05) is 20.3 Å². The van der Waals surface area contributed by atoms with Gasteiger partial charge < -0.3 is 0 Å². The van der Waals surface area contributed by atoms with Crippen LogP contribution in [-0.4, -0.2) is 37.7 Å². The fourth-order valence-corrected chi connectivity index (χ4v) is 0. The Hall–Kier alpha value is 1.26. The first kappa shape index (κ1) is 8.98. The van der Waals surface area contributed by atoms with Crippen LogP contribution < -0.4 is 0 Å². The van der Waals surface area contributed by atoms with Crippen molar-refractivity contribution in [2.45, 2.75) is 20.3 Å². The van der Waals surface area contributed by atoms with Gasteiger partial charge in [0.25, 0.3) is 0 Å². The van der Waals surface area contributed by atoms with E-state index in [0.29, 0.717) is 0 Å². The molecule has 0 atom stereocenters. The zero-order valence-corrected chi connectivity index (χ0v) is 5.62. The van der Waals surface area contributed by atoms with Gasteiger partial charge in [-0.05, 0) is 0 Å². The van der Waals surface area contributed by atoms with Crippen molar-refractivity contribution < 1.29 is 0 Å². The molecule has 0 unspecified atom stereocenters.